The smallest absolute Gasteiger partial charge is 0.302 e. The van der Waals surface area contributed by atoms with Gasteiger partial charge in [-0.05, 0) is 43.0 Å². The largest absolute Gasteiger partial charge is 0.460 e. The van der Waals surface area contributed by atoms with Gasteiger partial charge in [-0.3, -0.25) is 19.0 Å². The highest BCUT2D eigenvalue weighted by molar-refractivity contribution is 7.00. The lowest BCUT2D eigenvalue weighted by Gasteiger charge is -2.45. The fourth-order valence-electron chi connectivity index (χ4n) is 12.9. The Labute approximate surface area is 471 Å². The van der Waals surface area contributed by atoms with Crippen molar-refractivity contribution in [2.45, 2.75) is 140 Å². The average Bonchev–Trinajstić information content (AvgIpc) is 4.40. The molecule has 15 nitrogen and oxygen atoms in total. The van der Waals surface area contributed by atoms with Gasteiger partial charge in [0.05, 0.1) is 18.5 Å². The standard InChI is InChI=1S/C37H39N5O5Si.C26H34O5Si/c1-24(43)45-30-21-29(47-48(37(2,3)4,26-16-10-6-11-17-26)27-18-12-7-13-19-27)28-20-31(46-33(28)30)42-23-40-32-34(38-22-39-35(32)42)41-36(44)25-14-8-5-9-15-25;1-18(27)29-23-17-22(21-16-24(28-5)30-25(21)23)31-32(26(2,3)4,19-12-8-6-9-13-19)20-14-10-7-11-15-20/h5-19,22-23,28-31,33H,20-21H2,1-4H3,(H,38,39,41,44);6-15,21-25H,16-17H2,1-5H3/t28-,29+,30+,31?,33-;21-,22+,23+,24?,25-/m00/s1. The topological polar surface area (TPSA) is 171 Å². The molecule has 0 radical (unpaired) electrons. The number of esters is 2. The quantitative estimate of drug-likeness (QED) is 0.0810. The summed E-state index contributed by atoms with van der Waals surface area (Å²) in [5, 5.41) is 7.40. The second-order valence-electron chi connectivity index (χ2n) is 23.4. The number of nitrogens with zero attached hydrogens (tertiary/aromatic N) is 4. The van der Waals surface area contributed by atoms with Crippen molar-refractivity contribution in [3.05, 3.63) is 170 Å². The number of nitrogens with one attached hydrogen (secondary N) is 1. The van der Waals surface area contributed by atoms with Crippen molar-refractivity contribution in [3.63, 3.8) is 0 Å². The molecule has 1 N–H and O–H groups in total. The Kier molecular flexibility index (Phi) is 16.5. The van der Waals surface area contributed by atoms with E-state index in [2.05, 4.69) is 159 Å². The highest BCUT2D eigenvalue weighted by atomic mass is 28.4. The van der Waals surface area contributed by atoms with E-state index in [-0.39, 0.29) is 76.6 Å². The van der Waals surface area contributed by atoms with Crippen LogP contribution < -0.4 is 26.1 Å². The molecule has 80 heavy (non-hydrogen) atoms. The SMILES string of the molecule is CC(=O)O[C@@H]1C[C@@H](O[Si](c2ccccc2)(c2ccccc2)C(C)(C)C)[C@@H]2CC(n3cnc4c(NC(=O)c5ccccc5)ncnc43)O[C@@H]21.COC1C[C@@H]2[C@H](O1)[C@H](OC(C)=O)C[C@H]2O[Si](c1ccccc1)(c1ccccc1)C(C)(C)C. The summed E-state index contributed by atoms with van der Waals surface area (Å²) in [4.78, 5) is 50.5. The number of hydrogen-bond donors (Lipinski definition) is 1. The number of aromatic nitrogens is 4. The van der Waals surface area contributed by atoms with E-state index in [0.717, 1.165) is 6.42 Å². The van der Waals surface area contributed by atoms with Crippen LogP contribution in [-0.4, -0.2) is 104 Å². The summed E-state index contributed by atoms with van der Waals surface area (Å²) in [6.07, 6.45) is 3.16. The molecular formula is C63H73N5O10Si2. The number of amides is 1. The zero-order valence-corrected chi connectivity index (χ0v) is 49.1. The third-order valence-electron chi connectivity index (χ3n) is 16.3. The summed E-state index contributed by atoms with van der Waals surface area (Å²) in [7, 11) is -3.96. The van der Waals surface area contributed by atoms with Crippen LogP contribution in [0.15, 0.2) is 164 Å². The van der Waals surface area contributed by atoms with Crippen molar-refractivity contribution < 1.29 is 46.9 Å². The van der Waals surface area contributed by atoms with Gasteiger partial charge in [0.15, 0.2) is 23.3 Å². The number of carbonyl (C=O) groups excluding carboxylic acids is 3. The first-order chi connectivity index (χ1) is 38.4. The van der Waals surface area contributed by atoms with E-state index in [1.807, 2.05) is 34.9 Å². The number of benzene rings is 5. The zero-order valence-electron chi connectivity index (χ0n) is 47.1. The molecule has 2 aromatic heterocycles. The molecule has 2 aliphatic carbocycles. The van der Waals surface area contributed by atoms with Crippen molar-refractivity contribution in [2.75, 3.05) is 12.4 Å². The molecule has 7 aromatic rings. The van der Waals surface area contributed by atoms with Gasteiger partial charge in [-0.1, -0.05) is 181 Å². The molecule has 17 heteroatoms. The Balaban J connectivity index is 0.000000196. The summed E-state index contributed by atoms with van der Waals surface area (Å²) in [6, 6.07) is 51.3. The van der Waals surface area contributed by atoms with Crippen LogP contribution in [0.1, 0.15) is 97.7 Å². The predicted molar refractivity (Wildman–Crippen MR) is 311 cm³/mol. The molecule has 4 fully saturated rings. The lowest BCUT2D eigenvalue weighted by molar-refractivity contribution is -0.166. The third-order valence-corrected chi connectivity index (χ3v) is 26.5. The number of carbonyl (C=O) groups is 3. The maximum atomic E-state index is 12.9. The van der Waals surface area contributed by atoms with Crippen LogP contribution >= 0.6 is 0 Å². The Morgan fingerprint density at radius 3 is 1.40 bits per heavy atom. The number of fused-ring (bicyclic) bond motifs is 3. The number of anilines is 1. The van der Waals surface area contributed by atoms with Gasteiger partial charge in [0.25, 0.3) is 22.5 Å². The molecule has 2 saturated heterocycles. The molecule has 10 atom stereocenters. The van der Waals surface area contributed by atoms with E-state index < -0.39 is 29.0 Å². The van der Waals surface area contributed by atoms with Gasteiger partial charge in [0.1, 0.15) is 37.0 Å². The molecule has 2 aliphatic heterocycles. The van der Waals surface area contributed by atoms with Gasteiger partial charge in [-0.15, -0.1) is 0 Å². The maximum absolute atomic E-state index is 12.9. The van der Waals surface area contributed by atoms with Crippen LogP contribution in [0.4, 0.5) is 5.82 Å². The Morgan fingerprint density at radius 1 is 0.550 bits per heavy atom. The molecule has 0 spiro atoms. The van der Waals surface area contributed by atoms with Crippen LogP contribution in [0.3, 0.4) is 0 Å². The fourth-order valence-corrected chi connectivity index (χ4v) is 22.4. The normalized spacial score (nSPS) is 24.6. The maximum Gasteiger partial charge on any atom is 0.302 e. The lowest BCUT2D eigenvalue weighted by Crippen LogP contribution is -2.68. The van der Waals surface area contributed by atoms with Crippen LogP contribution in [0.2, 0.25) is 10.1 Å². The van der Waals surface area contributed by atoms with Gasteiger partial charge < -0.3 is 37.9 Å². The van der Waals surface area contributed by atoms with Crippen LogP contribution in [-0.2, 0) is 42.1 Å². The molecule has 4 aliphatic rings. The highest BCUT2D eigenvalue weighted by Crippen LogP contribution is 2.50. The van der Waals surface area contributed by atoms with Gasteiger partial charge >= 0.3 is 11.9 Å². The van der Waals surface area contributed by atoms with Crippen molar-refractivity contribution in [1.29, 1.82) is 0 Å². The monoisotopic (exact) mass is 1120 g/mol. The zero-order chi connectivity index (χ0) is 56.4. The van der Waals surface area contributed by atoms with Crippen LogP contribution in [0.5, 0.6) is 0 Å². The first kappa shape index (κ1) is 56.6. The molecule has 4 heterocycles. The van der Waals surface area contributed by atoms with E-state index in [0.29, 0.717) is 41.8 Å². The Hall–Kier alpha value is -6.71. The molecule has 418 valence electrons. The van der Waals surface area contributed by atoms with Gasteiger partial charge in [-0.25, -0.2) is 15.0 Å². The number of imidazole rings is 1. The van der Waals surface area contributed by atoms with Gasteiger partial charge in [0.2, 0.25) is 0 Å². The summed E-state index contributed by atoms with van der Waals surface area (Å²) in [5.41, 5.74) is 1.50. The van der Waals surface area contributed by atoms with Crippen molar-refractivity contribution >= 4 is 72.2 Å². The first-order valence-corrected chi connectivity index (χ1v) is 31.5. The molecule has 11 rings (SSSR count). The number of hydrogen-bond acceptors (Lipinski definition) is 13. The van der Waals surface area contributed by atoms with E-state index >= 15 is 0 Å². The molecule has 2 saturated carbocycles. The predicted octanol–water partition coefficient (Wildman–Crippen LogP) is 8.91. The number of rotatable bonds is 14. The third kappa shape index (κ3) is 11.1. The number of methoxy groups -OCH3 is 1. The van der Waals surface area contributed by atoms with E-state index in [9.17, 15) is 14.4 Å². The van der Waals surface area contributed by atoms with Crippen molar-refractivity contribution in [3.8, 4) is 0 Å². The number of ether oxygens (including phenoxy) is 5. The Bertz CT molecular complexity index is 3160. The van der Waals surface area contributed by atoms with Crippen LogP contribution in [0.25, 0.3) is 11.2 Å². The summed E-state index contributed by atoms with van der Waals surface area (Å²) in [5.74, 6) is -0.551. The highest BCUT2D eigenvalue weighted by Gasteiger charge is 2.60. The second-order valence-corrected chi connectivity index (χ2v) is 31.9. The summed E-state index contributed by atoms with van der Waals surface area (Å²) in [6.45, 7) is 16.5. The minimum atomic E-state index is -2.90. The molecular weight excluding hydrogens is 1040 g/mol. The molecule has 0 bridgehead atoms. The minimum Gasteiger partial charge on any atom is -0.460 e. The molecule has 2 unspecified atom stereocenters. The minimum absolute atomic E-state index is 0.0578. The summed E-state index contributed by atoms with van der Waals surface area (Å²) < 4.78 is 46.8. The summed E-state index contributed by atoms with van der Waals surface area (Å²) >= 11 is 0. The van der Waals surface area contributed by atoms with E-state index in [4.69, 9.17) is 32.5 Å². The van der Waals surface area contributed by atoms with E-state index in [1.165, 1.54) is 40.9 Å². The van der Waals surface area contributed by atoms with Crippen LogP contribution in [0, 0.1) is 11.8 Å². The second kappa shape index (κ2) is 23.4. The lowest BCUT2D eigenvalue weighted by atomic mass is 10.0. The fraction of sp³-hybridized carbons (Fsp3) is 0.397. The average molecular weight is 1120 g/mol. The van der Waals surface area contributed by atoms with Gasteiger partial charge in [0, 0.05) is 64.0 Å². The Morgan fingerprint density at radius 2 is 0.975 bits per heavy atom. The van der Waals surface area contributed by atoms with Crippen molar-refractivity contribution in [1.82, 2.24) is 19.5 Å². The van der Waals surface area contributed by atoms with Gasteiger partial charge in [-0.2, -0.15) is 0 Å². The molecule has 5 aromatic carbocycles. The molecule has 1 amide bonds. The van der Waals surface area contributed by atoms with E-state index in [1.54, 1.807) is 37.7 Å². The van der Waals surface area contributed by atoms with Crippen molar-refractivity contribution in [2.24, 2.45) is 11.8 Å². The first-order valence-electron chi connectivity index (χ1n) is 27.7.